The van der Waals surface area contributed by atoms with Crippen molar-refractivity contribution in [2.45, 2.75) is 38.1 Å². The highest BCUT2D eigenvalue weighted by Crippen LogP contribution is 2.39. The molecule has 1 aromatic heterocycles. The zero-order valence-corrected chi connectivity index (χ0v) is 16.1. The number of carbonyl (C=O) groups excluding carboxylic acids is 3. The summed E-state index contributed by atoms with van der Waals surface area (Å²) in [5.41, 5.74) is 0. The first-order chi connectivity index (χ1) is 12.0. The Morgan fingerprint density at radius 1 is 1.32 bits per heavy atom. The lowest BCUT2D eigenvalue weighted by Gasteiger charge is -2.23. The van der Waals surface area contributed by atoms with Gasteiger partial charge in [0, 0.05) is 18.6 Å². The van der Waals surface area contributed by atoms with Gasteiger partial charge in [0.2, 0.25) is 11.8 Å². The predicted octanol–water partition coefficient (Wildman–Crippen LogP) is 1.81. The summed E-state index contributed by atoms with van der Waals surface area (Å²) in [5.74, 6) is -0.492. The summed E-state index contributed by atoms with van der Waals surface area (Å²) in [6, 6.07) is -0.778. The van der Waals surface area contributed by atoms with Crippen LogP contribution in [0.15, 0.2) is 16.6 Å². The van der Waals surface area contributed by atoms with E-state index in [9.17, 15) is 14.4 Å². The maximum absolute atomic E-state index is 12.8. The van der Waals surface area contributed by atoms with Gasteiger partial charge in [0.15, 0.2) is 4.80 Å². The van der Waals surface area contributed by atoms with Gasteiger partial charge in [0.05, 0.1) is 11.8 Å². The van der Waals surface area contributed by atoms with E-state index in [4.69, 9.17) is 0 Å². The molecule has 1 aromatic rings. The summed E-state index contributed by atoms with van der Waals surface area (Å²) < 4.78 is 1.77. The van der Waals surface area contributed by atoms with E-state index >= 15 is 0 Å². The highest BCUT2D eigenvalue weighted by Gasteiger charge is 2.51. The smallest absolute Gasteiger partial charge is 0.271 e. The van der Waals surface area contributed by atoms with E-state index in [1.807, 2.05) is 24.9 Å². The van der Waals surface area contributed by atoms with E-state index in [0.29, 0.717) is 17.0 Å². The van der Waals surface area contributed by atoms with Gasteiger partial charge < -0.3 is 4.57 Å². The Morgan fingerprint density at radius 2 is 1.96 bits per heavy atom. The molecule has 8 heteroatoms. The normalized spacial score (nSPS) is 25.4. The number of likely N-dealkylation sites (tertiary alicyclic amines) is 1. The van der Waals surface area contributed by atoms with Gasteiger partial charge in [0.25, 0.3) is 5.91 Å². The fourth-order valence-corrected chi connectivity index (χ4v) is 4.88. The second kappa shape index (κ2) is 7.86. The minimum atomic E-state index is -0.778. The highest BCUT2D eigenvalue weighted by atomic mass is 32.2. The third-order valence-corrected chi connectivity index (χ3v) is 6.52. The lowest BCUT2D eigenvalue weighted by Crippen LogP contribution is -2.46. The molecule has 0 spiro atoms. The Hall–Kier alpha value is -1.41. The quantitative estimate of drug-likeness (QED) is 0.729. The van der Waals surface area contributed by atoms with Crippen molar-refractivity contribution in [3.8, 4) is 0 Å². The largest absolute Gasteiger partial charge is 0.327 e. The maximum atomic E-state index is 12.8. The van der Waals surface area contributed by atoms with Gasteiger partial charge in [-0.05, 0) is 31.3 Å². The lowest BCUT2D eigenvalue weighted by molar-refractivity contribution is -0.147. The number of thiazole rings is 1. The van der Waals surface area contributed by atoms with Gasteiger partial charge in [-0.1, -0.05) is 12.8 Å². The predicted molar refractivity (Wildman–Crippen MR) is 97.9 cm³/mol. The zero-order chi connectivity index (χ0) is 18.0. The summed E-state index contributed by atoms with van der Waals surface area (Å²) in [7, 11) is 1.82. The molecule has 2 heterocycles. The molecule has 6 nitrogen and oxygen atoms in total. The average molecular weight is 382 g/mol. The number of hydrogen-bond acceptors (Lipinski definition) is 5. The van der Waals surface area contributed by atoms with Crippen LogP contribution in [0.5, 0.6) is 0 Å². The van der Waals surface area contributed by atoms with Gasteiger partial charge in [-0.3, -0.25) is 19.3 Å². The number of imide groups is 1. The number of aromatic nitrogens is 1. The van der Waals surface area contributed by atoms with E-state index in [2.05, 4.69) is 4.99 Å². The van der Waals surface area contributed by atoms with Crippen molar-refractivity contribution < 1.29 is 14.4 Å². The Morgan fingerprint density at radius 3 is 2.48 bits per heavy atom. The highest BCUT2D eigenvalue weighted by molar-refractivity contribution is 7.98. The summed E-state index contributed by atoms with van der Waals surface area (Å²) in [5, 5.41) is 1.85. The molecule has 3 amide bonds. The molecule has 0 radical (unpaired) electrons. The molecule has 1 saturated carbocycles. The Bertz CT molecular complexity index is 715. The zero-order valence-electron chi connectivity index (χ0n) is 14.5. The fraction of sp³-hybridized carbons (Fsp3) is 0.647. The van der Waals surface area contributed by atoms with Crippen LogP contribution in [0.1, 0.15) is 32.1 Å². The Kier molecular flexibility index (Phi) is 5.78. The second-order valence-electron chi connectivity index (χ2n) is 6.59. The van der Waals surface area contributed by atoms with Crippen LogP contribution in [0.2, 0.25) is 0 Å². The van der Waals surface area contributed by atoms with Crippen LogP contribution in [0, 0.1) is 11.8 Å². The molecule has 2 aliphatic rings. The van der Waals surface area contributed by atoms with Crippen LogP contribution in [-0.2, 0) is 21.4 Å². The molecule has 1 aliphatic heterocycles. The number of hydrogen-bond donors (Lipinski definition) is 0. The Labute approximate surface area is 155 Å². The van der Waals surface area contributed by atoms with E-state index in [1.54, 1.807) is 16.3 Å². The minimum Gasteiger partial charge on any atom is -0.327 e. The fourth-order valence-electron chi connectivity index (χ4n) is 3.69. The van der Waals surface area contributed by atoms with Crippen molar-refractivity contribution in [3.63, 3.8) is 0 Å². The molecule has 136 valence electrons. The van der Waals surface area contributed by atoms with Crippen LogP contribution in [0.4, 0.5) is 0 Å². The summed E-state index contributed by atoms with van der Waals surface area (Å²) >= 11 is 2.96. The monoisotopic (exact) mass is 381 g/mol. The Balaban J connectivity index is 1.90. The number of carbonyl (C=O) groups is 3. The van der Waals surface area contributed by atoms with Crippen molar-refractivity contribution in [1.29, 1.82) is 0 Å². The average Bonchev–Trinajstić information content (AvgIpc) is 3.12. The van der Waals surface area contributed by atoms with Gasteiger partial charge in [-0.15, -0.1) is 11.3 Å². The molecule has 1 saturated heterocycles. The van der Waals surface area contributed by atoms with Crippen LogP contribution >= 0.6 is 23.1 Å². The SMILES string of the molecule is CSCCC(C(=O)N=c1sccn1C)N1C(=O)C2CCCCC2C1=O. The number of aryl methyl sites for hydroxylation is 1. The standard InChI is InChI=1S/C17H23N3O3S2/c1-19-8-10-25-17(19)18-14(21)13(7-9-24-2)20-15(22)11-5-3-4-6-12(11)16(20)23/h8,10-13H,3-7,9H2,1-2H3. The van der Waals surface area contributed by atoms with Gasteiger partial charge >= 0.3 is 0 Å². The third-order valence-electron chi connectivity index (χ3n) is 5.03. The molecule has 2 fully saturated rings. The van der Waals surface area contributed by atoms with Crippen LogP contribution in [0.25, 0.3) is 0 Å². The number of nitrogens with zero attached hydrogens (tertiary/aromatic N) is 3. The van der Waals surface area contributed by atoms with E-state index in [0.717, 1.165) is 25.7 Å². The molecule has 3 rings (SSSR count). The van der Waals surface area contributed by atoms with Crippen molar-refractivity contribution in [1.82, 2.24) is 9.47 Å². The molecule has 0 bridgehead atoms. The second-order valence-corrected chi connectivity index (χ2v) is 8.45. The van der Waals surface area contributed by atoms with Crippen LogP contribution in [-0.4, -0.2) is 45.2 Å². The molecule has 3 unspecified atom stereocenters. The molecule has 25 heavy (non-hydrogen) atoms. The number of thioether (sulfide) groups is 1. The molecule has 0 aromatic carbocycles. The number of amides is 3. The summed E-state index contributed by atoms with van der Waals surface area (Å²) in [6.07, 6.45) is 7.70. The maximum Gasteiger partial charge on any atom is 0.271 e. The first-order valence-corrected chi connectivity index (χ1v) is 10.9. The first kappa shape index (κ1) is 18.4. The van der Waals surface area contributed by atoms with Gasteiger partial charge in [-0.25, -0.2) is 0 Å². The van der Waals surface area contributed by atoms with Gasteiger partial charge in [-0.2, -0.15) is 16.8 Å². The van der Waals surface area contributed by atoms with Crippen LogP contribution < -0.4 is 4.80 Å². The van der Waals surface area contributed by atoms with Crippen molar-refractivity contribution in [3.05, 3.63) is 16.4 Å². The van der Waals surface area contributed by atoms with Crippen molar-refractivity contribution in [2.75, 3.05) is 12.0 Å². The topological polar surface area (TPSA) is 71.7 Å². The van der Waals surface area contributed by atoms with E-state index < -0.39 is 11.9 Å². The summed E-state index contributed by atoms with van der Waals surface area (Å²) in [6.45, 7) is 0. The lowest BCUT2D eigenvalue weighted by atomic mass is 9.81. The third kappa shape index (κ3) is 3.60. The van der Waals surface area contributed by atoms with E-state index in [1.165, 1.54) is 16.2 Å². The van der Waals surface area contributed by atoms with E-state index in [-0.39, 0.29) is 23.7 Å². The number of fused-ring (bicyclic) bond motifs is 1. The molecule has 3 atom stereocenters. The molecule has 0 N–H and O–H groups in total. The molecular formula is C17H23N3O3S2. The first-order valence-electron chi connectivity index (χ1n) is 8.59. The molecular weight excluding hydrogens is 358 g/mol. The van der Waals surface area contributed by atoms with Crippen molar-refractivity contribution in [2.24, 2.45) is 23.9 Å². The van der Waals surface area contributed by atoms with Crippen molar-refractivity contribution >= 4 is 40.8 Å². The van der Waals surface area contributed by atoms with Crippen LogP contribution in [0.3, 0.4) is 0 Å². The van der Waals surface area contributed by atoms with Gasteiger partial charge in [0.1, 0.15) is 6.04 Å². The minimum absolute atomic E-state index is 0.167. The summed E-state index contributed by atoms with van der Waals surface area (Å²) in [4.78, 5) is 44.5. The number of rotatable bonds is 5. The molecule has 1 aliphatic carbocycles.